The molecular formula is C19H16FNO5. The summed E-state index contributed by atoms with van der Waals surface area (Å²) in [6, 6.07) is 10.7. The standard InChI is InChI=1S/C19H16FNO5/c20-16-4-2-1-3-12(16)9-21-18(23)11-26-19(24)7-13-10-25-17-8-14(22)5-6-15(13)17/h1-6,8,10,22H,7,9,11H2,(H,21,23). The number of hydrogen-bond acceptors (Lipinski definition) is 5. The van der Waals surface area contributed by atoms with Gasteiger partial charge in [0, 0.05) is 29.1 Å². The predicted octanol–water partition coefficient (Wildman–Crippen LogP) is 2.68. The highest BCUT2D eigenvalue weighted by Crippen LogP contribution is 2.25. The largest absolute Gasteiger partial charge is 0.508 e. The molecule has 26 heavy (non-hydrogen) atoms. The molecule has 0 saturated heterocycles. The van der Waals surface area contributed by atoms with Crippen LogP contribution in [0.2, 0.25) is 0 Å². The van der Waals surface area contributed by atoms with Crippen LogP contribution < -0.4 is 5.32 Å². The number of halogens is 1. The van der Waals surface area contributed by atoms with Crippen LogP contribution in [0.25, 0.3) is 11.0 Å². The second kappa shape index (κ2) is 7.69. The zero-order valence-corrected chi connectivity index (χ0v) is 13.7. The molecule has 0 fully saturated rings. The molecule has 3 aromatic rings. The van der Waals surface area contributed by atoms with Gasteiger partial charge in [0.1, 0.15) is 17.1 Å². The van der Waals surface area contributed by atoms with Crippen molar-refractivity contribution < 1.29 is 28.2 Å². The second-order valence-electron chi connectivity index (χ2n) is 5.65. The third-order valence-electron chi connectivity index (χ3n) is 3.77. The molecule has 0 radical (unpaired) electrons. The van der Waals surface area contributed by atoms with E-state index in [4.69, 9.17) is 9.15 Å². The fourth-order valence-corrected chi connectivity index (χ4v) is 2.45. The quantitative estimate of drug-likeness (QED) is 0.662. The summed E-state index contributed by atoms with van der Waals surface area (Å²) < 4.78 is 23.7. The highest BCUT2D eigenvalue weighted by molar-refractivity contribution is 5.87. The normalized spacial score (nSPS) is 10.7. The molecule has 2 aromatic carbocycles. The van der Waals surface area contributed by atoms with E-state index in [2.05, 4.69) is 5.32 Å². The zero-order valence-electron chi connectivity index (χ0n) is 13.7. The number of esters is 1. The Morgan fingerprint density at radius 2 is 1.96 bits per heavy atom. The average molecular weight is 357 g/mol. The molecule has 0 unspecified atom stereocenters. The zero-order chi connectivity index (χ0) is 18.5. The number of phenolic OH excluding ortho intramolecular Hbond substituents is 1. The molecule has 0 aliphatic carbocycles. The molecular weight excluding hydrogens is 341 g/mol. The first-order chi connectivity index (χ1) is 12.5. The average Bonchev–Trinajstić information content (AvgIpc) is 3.01. The minimum absolute atomic E-state index is 0.0128. The Morgan fingerprint density at radius 1 is 1.15 bits per heavy atom. The lowest BCUT2D eigenvalue weighted by atomic mass is 10.1. The molecule has 1 amide bonds. The van der Waals surface area contributed by atoms with E-state index in [1.807, 2.05) is 0 Å². The van der Waals surface area contributed by atoms with Gasteiger partial charge in [0.15, 0.2) is 6.61 Å². The second-order valence-corrected chi connectivity index (χ2v) is 5.65. The minimum atomic E-state index is -0.596. The third kappa shape index (κ3) is 4.18. The van der Waals surface area contributed by atoms with Gasteiger partial charge in [-0.2, -0.15) is 0 Å². The van der Waals surface area contributed by atoms with Crippen LogP contribution in [0.4, 0.5) is 4.39 Å². The van der Waals surface area contributed by atoms with Gasteiger partial charge >= 0.3 is 5.97 Å². The molecule has 2 N–H and O–H groups in total. The number of hydrogen-bond donors (Lipinski definition) is 2. The Balaban J connectivity index is 1.49. The van der Waals surface area contributed by atoms with Gasteiger partial charge in [-0.15, -0.1) is 0 Å². The van der Waals surface area contributed by atoms with Crippen LogP contribution in [-0.4, -0.2) is 23.6 Å². The van der Waals surface area contributed by atoms with Gasteiger partial charge < -0.3 is 19.6 Å². The van der Waals surface area contributed by atoms with E-state index >= 15 is 0 Å². The summed E-state index contributed by atoms with van der Waals surface area (Å²) in [7, 11) is 0. The minimum Gasteiger partial charge on any atom is -0.508 e. The summed E-state index contributed by atoms with van der Waals surface area (Å²) in [4.78, 5) is 23.6. The molecule has 134 valence electrons. The number of aromatic hydroxyl groups is 1. The summed E-state index contributed by atoms with van der Waals surface area (Å²) in [6.45, 7) is -0.442. The Hall–Kier alpha value is -3.35. The molecule has 0 bridgehead atoms. The summed E-state index contributed by atoms with van der Waals surface area (Å²) in [6.07, 6.45) is 1.34. The first-order valence-electron chi connectivity index (χ1n) is 7.88. The Bertz CT molecular complexity index is 950. The van der Waals surface area contributed by atoms with Gasteiger partial charge in [0.25, 0.3) is 5.91 Å². The summed E-state index contributed by atoms with van der Waals surface area (Å²) >= 11 is 0. The molecule has 3 rings (SSSR count). The van der Waals surface area contributed by atoms with Crippen LogP contribution >= 0.6 is 0 Å². The number of benzene rings is 2. The lowest BCUT2D eigenvalue weighted by molar-refractivity contribution is -0.147. The van der Waals surface area contributed by atoms with Crippen molar-refractivity contribution in [2.45, 2.75) is 13.0 Å². The van der Waals surface area contributed by atoms with E-state index in [9.17, 15) is 19.1 Å². The van der Waals surface area contributed by atoms with Crippen molar-refractivity contribution in [2.24, 2.45) is 0 Å². The highest BCUT2D eigenvalue weighted by atomic mass is 19.1. The maximum Gasteiger partial charge on any atom is 0.310 e. The molecule has 0 spiro atoms. The monoisotopic (exact) mass is 357 g/mol. The lowest BCUT2D eigenvalue weighted by Crippen LogP contribution is -2.29. The van der Waals surface area contributed by atoms with Gasteiger partial charge in [-0.1, -0.05) is 18.2 Å². The van der Waals surface area contributed by atoms with Gasteiger partial charge in [0.2, 0.25) is 0 Å². The maximum absolute atomic E-state index is 13.5. The molecule has 1 heterocycles. The molecule has 7 heteroatoms. The summed E-state index contributed by atoms with van der Waals surface area (Å²) in [5.41, 5.74) is 1.40. The van der Waals surface area contributed by atoms with Crippen LogP contribution in [0.5, 0.6) is 5.75 Å². The molecule has 1 aromatic heterocycles. The Kier molecular flexibility index (Phi) is 5.17. The van der Waals surface area contributed by atoms with Crippen molar-refractivity contribution >= 4 is 22.8 Å². The van der Waals surface area contributed by atoms with Crippen molar-refractivity contribution in [3.05, 3.63) is 65.7 Å². The van der Waals surface area contributed by atoms with Crippen molar-refractivity contribution in [3.8, 4) is 5.75 Å². The fourth-order valence-electron chi connectivity index (χ4n) is 2.45. The Labute approximate surface area is 148 Å². The number of nitrogens with one attached hydrogen (secondary N) is 1. The third-order valence-corrected chi connectivity index (χ3v) is 3.77. The van der Waals surface area contributed by atoms with E-state index in [1.165, 1.54) is 24.5 Å². The van der Waals surface area contributed by atoms with Crippen molar-refractivity contribution in [2.75, 3.05) is 6.61 Å². The first kappa shape index (κ1) is 17.5. The van der Waals surface area contributed by atoms with Gasteiger partial charge in [-0.3, -0.25) is 9.59 Å². The van der Waals surface area contributed by atoms with Crippen LogP contribution in [0, 0.1) is 5.82 Å². The molecule has 0 saturated carbocycles. The van der Waals surface area contributed by atoms with Crippen LogP contribution in [0.1, 0.15) is 11.1 Å². The SMILES string of the molecule is O=C(COC(=O)Cc1coc2cc(O)ccc12)NCc1ccccc1F. The van der Waals surface area contributed by atoms with Gasteiger partial charge in [-0.25, -0.2) is 4.39 Å². The van der Waals surface area contributed by atoms with E-state index < -0.39 is 24.3 Å². The number of amides is 1. The topological polar surface area (TPSA) is 88.8 Å². The van der Waals surface area contributed by atoms with Crippen molar-refractivity contribution in [3.63, 3.8) is 0 Å². The predicted molar refractivity (Wildman–Crippen MR) is 90.8 cm³/mol. The maximum atomic E-state index is 13.5. The molecule has 6 nitrogen and oxygen atoms in total. The lowest BCUT2D eigenvalue weighted by Gasteiger charge is -2.07. The molecule has 0 aliphatic rings. The van der Waals surface area contributed by atoms with E-state index in [1.54, 1.807) is 24.3 Å². The molecule has 0 atom stereocenters. The number of carbonyl (C=O) groups excluding carboxylic acids is 2. The smallest absolute Gasteiger partial charge is 0.310 e. The summed E-state index contributed by atoms with van der Waals surface area (Å²) in [5.74, 6) is -1.47. The number of carbonyl (C=O) groups is 2. The van der Waals surface area contributed by atoms with Crippen LogP contribution in [-0.2, 0) is 27.3 Å². The number of phenols is 1. The number of furan rings is 1. The van der Waals surface area contributed by atoms with Crippen molar-refractivity contribution in [1.82, 2.24) is 5.32 Å². The van der Waals surface area contributed by atoms with Gasteiger partial charge in [0.05, 0.1) is 12.7 Å². The summed E-state index contributed by atoms with van der Waals surface area (Å²) in [5, 5.41) is 12.6. The van der Waals surface area contributed by atoms with Crippen molar-refractivity contribution in [1.29, 1.82) is 0 Å². The fraction of sp³-hybridized carbons (Fsp3) is 0.158. The highest BCUT2D eigenvalue weighted by Gasteiger charge is 2.13. The molecule has 0 aliphatic heterocycles. The van der Waals surface area contributed by atoms with Gasteiger partial charge in [-0.05, 0) is 18.2 Å². The van der Waals surface area contributed by atoms with E-state index in [0.717, 1.165) is 0 Å². The van der Waals surface area contributed by atoms with E-state index in [-0.39, 0.29) is 18.7 Å². The first-order valence-corrected chi connectivity index (χ1v) is 7.88. The van der Waals surface area contributed by atoms with E-state index in [0.29, 0.717) is 22.1 Å². The number of ether oxygens (including phenoxy) is 1. The Morgan fingerprint density at radius 3 is 2.77 bits per heavy atom. The van der Waals surface area contributed by atoms with Crippen LogP contribution in [0.3, 0.4) is 0 Å². The van der Waals surface area contributed by atoms with Crippen LogP contribution in [0.15, 0.2) is 53.1 Å². The number of rotatable bonds is 6. The number of fused-ring (bicyclic) bond motifs is 1.